The number of hydrogen-bond donors (Lipinski definition) is 1. The second kappa shape index (κ2) is 13.1. The van der Waals surface area contributed by atoms with E-state index in [0.717, 1.165) is 23.4 Å². The highest BCUT2D eigenvalue weighted by Gasteiger charge is 2.32. The molecule has 0 aliphatic heterocycles. The van der Waals surface area contributed by atoms with E-state index >= 15 is 0 Å². The van der Waals surface area contributed by atoms with Gasteiger partial charge in [-0.1, -0.05) is 72.1 Å². The first-order chi connectivity index (χ1) is 16.1. The van der Waals surface area contributed by atoms with E-state index in [-0.39, 0.29) is 12.5 Å². The molecule has 0 aliphatic carbocycles. The summed E-state index contributed by atoms with van der Waals surface area (Å²) in [5.74, 6) is -0.771. The monoisotopic (exact) mass is 571 g/mol. The minimum atomic E-state index is -3.78. The van der Waals surface area contributed by atoms with E-state index in [1.54, 1.807) is 48.5 Å². The van der Waals surface area contributed by atoms with Crippen molar-refractivity contribution in [1.29, 1.82) is 0 Å². The topological polar surface area (TPSA) is 86.8 Å². The highest BCUT2D eigenvalue weighted by molar-refractivity contribution is 9.10. The van der Waals surface area contributed by atoms with E-state index < -0.39 is 28.5 Å². The van der Waals surface area contributed by atoms with Crippen LogP contribution >= 0.6 is 27.5 Å². The van der Waals surface area contributed by atoms with Crippen molar-refractivity contribution in [3.63, 3.8) is 0 Å². The van der Waals surface area contributed by atoms with Gasteiger partial charge in [0.2, 0.25) is 21.8 Å². The van der Waals surface area contributed by atoms with E-state index in [2.05, 4.69) is 21.2 Å². The number of amides is 2. The summed E-state index contributed by atoms with van der Waals surface area (Å²) >= 11 is 9.69. The van der Waals surface area contributed by atoms with Gasteiger partial charge in [-0.2, -0.15) is 0 Å². The number of halogens is 2. The lowest BCUT2D eigenvalue weighted by Gasteiger charge is -2.33. The number of carbonyl (C=O) groups is 2. The lowest BCUT2D eigenvalue weighted by atomic mass is 10.1. The molecule has 2 aromatic carbocycles. The first-order valence-corrected chi connectivity index (χ1v) is 14.1. The molecular weight excluding hydrogens is 542 g/mol. The second-order valence-electron chi connectivity index (χ2n) is 7.93. The van der Waals surface area contributed by atoms with E-state index in [1.807, 2.05) is 13.8 Å². The van der Waals surface area contributed by atoms with Gasteiger partial charge in [-0.3, -0.25) is 13.9 Å². The minimum Gasteiger partial charge on any atom is -0.354 e. The highest BCUT2D eigenvalue weighted by atomic mass is 79.9. The SMILES string of the molecule is CCCCNC(=O)[C@@H](CC)N(Cc1ccccc1Cl)C(=O)CN(c1cccc(Br)c1)S(C)(=O)=O. The summed E-state index contributed by atoms with van der Waals surface area (Å²) in [5, 5.41) is 3.36. The average Bonchev–Trinajstić information content (AvgIpc) is 2.77. The van der Waals surface area contributed by atoms with Gasteiger partial charge in [0, 0.05) is 22.6 Å². The van der Waals surface area contributed by atoms with E-state index in [4.69, 9.17) is 11.6 Å². The summed E-state index contributed by atoms with van der Waals surface area (Å²) in [7, 11) is -3.78. The summed E-state index contributed by atoms with van der Waals surface area (Å²) in [5.41, 5.74) is 1.02. The Morgan fingerprint density at radius 2 is 1.82 bits per heavy atom. The maximum absolute atomic E-state index is 13.6. The Kier molecular flexibility index (Phi) is 10.9. The average molecular weight is 573 g/mol. The fourth-order valence-electron chi connectivity index (χ4n) is 3.48. The van der Waals surface area contributed by atoms with Crippen LogP contribution in [0.2, 0.25) is 5.02 Å². The summed E-state index contributed by atoms with van der Waals surface area (Å²) in [4.78, 5) is 28.0. The maximum atomic E-state index is 13.6. The molecule has 2 amide bonds. The number of benzene rings is 2. The number of unbranched alkanes of at least 4 members (excludes halogenated alkanes) is 1. The summed E-state index contributed by atoms with van der Waals surface area (Å²) in [6, 6.07) is 13.0. The molecule has 0 heterocycles. The first kappa shape index (κ1) is 28.1. The van der Waals surface area contributed by atoms with Crippen LogP contribution in [0.25, 0.3) is 0 Å². The second-order valence-corrected chi connectivity index (χ2v) is 11.2. The summed E-state index contributed by atoms with van der Waals surface area (Å²) < 4.78 is 26.9. The number of nitrogens with one attached hydrogen (secondary N) is 1. The van der Waals surface area contributed by atoms with Crippen molar-refractivity contribution in [3.05, 3.63) is 63.6 Å². The van der Waals surface area contributed by atoms with Gasteiger partial charge in [-0.15, -0.1) is 0 Å². The molecule has 186 valence electrons. The molecule has 1 atom stereocenters. The van der Waals surface area contributed by atoms with Crippen molar-refractivity contribution in [2.24, 2.45) is 0 Å². The molecule has 0 fully saturated rings. The van der Waals surface area contributed by atoms with Gasteiger partial charge >= 0.3 is 0 Å². The normalized spacial score (nSPS) is 12.1. The fraction of sp³-hybridized carbons (Fsp3) is 0.417. The van der Waals surface area contributed by atoms with Crippen LogP contribution in [-0.2, 0) is 26.2 Å². The third-order valence-electron chi connectivity index (χ3n) is 5.29. The molecule has 0 radical (unpaired) electrons. The van der Waals surface area contributed by atoms with Crippen molar-refractivity contribution in [2.75, 3.05) is 23.7 Å². The van der Waals surface area contributed by atoms with Crippen molar-refractivity contribution in [2.45, 2.75) is 45.7 Å². The standard InChI is InChI=1S/C24H31BrClN3O4S/c1-4-6-14-27-24(31)22(5-2)28(16-18-10-7-8-13-21(18)26)23(30)17-29(34(3,32)33)20-12-9-11-19(25)15-20/h7-13,15,22H,4-6,14,16-17H2,1-3H3,(H,27,31)/t22-/m1/s1. The molecule has 0 spiro atoms. The Balaban J connectivity index is 2.41. The van der Waals surface area contributed by atoms with Gasteiger partial charge in [0.25, 0.3) is 0 Å². The van der Waals surface area contributed by atoms with Crippen molar-refractivity contribution >= 4 is 55.1 Å². The number of carbonyl (C=O) groups excluding carboxylic acids is 2. The summed E-state index contributed by atoms with van der Waals surface area (Å²) in [6.07, 6.45) is 3.17. The van der Waals surface area contributed by atoms with Gasteiger partial charge < -0.3 is 10.2 Å². The molecule has 0 aromatic heterocycles. The van der Waals surface area contributed by atoms with E-state index in [1.165, 1.54) is 4.90 Å². The first-order valence-electron chi connectivity index (χ1n) is 11.1. The van der Waals surface area contributed by atoms with Crippen molar-refractivity contribution < 1.29 is 18.0 Å². The Morgan fingerprint density at radius 1 is 1.12 bits per heavy atom. The number of sulfonamides is 1. The molecule has 0 unspecified atom stereocenters. The zero-order chi connectivity index (χ0) is 25.3. The Bertz CT molecular complexity index is 1100. The quantitative estimate of drug-likeness (QED) is 0.377. The molecule has 7 nitrogen and oxygen atoms in total. The van der Waals surface area contributed by atoms with Crippen LogP contribution in [0.1, 0.15) is 38.7 Å². The molecule has 0 aliphatic rings. The van der Waals surface area contributed by atoms with Crippen LogP contribution in [0.5, 0.6) is 0 Å². The van der Waals surface area contributed by atoms with Gasteiger partial charge in [0.15, 0.2) is 0 Å². The number of anilines is 1. The third-order valence-corrected chi connectivity index (χ3v) is 7.29. The largest absolute Gasteiger partial charge is 0.354 e. The molecule has 0 saturated heterocycles. The van der Waals surface area contributed by atoms with Crippen molar-refractivity contribution in [3.8, 4) is 0 Å². The molecule has 2 aromatic rings. The van der Waals surface area contributed by atoms with Gasteiger partial charge in [-0.05, 0) is 42.7 Å². The number of hydrogen-bond acceptors (Lipinski definition) is 4. The summed E-state index contributed by atoms with van der Waals surface area (Å²) in [6.45, 7) is 3.98. The van der Waals surface area contributed by atoms with Crippen LogP contribution in [-0.4, -0.2) is 50.5 Å². The third kappa shape index (κ3) is 7.99. The number of rotatable bonds is 12. The van der Waals surface area contributed by atoms with E-state index in [9.17, 15) is 18.0 Å². The lowest BCUT2D eigenvalue weighted by Crippen LogP contribution is -2.52. The minimum absolute atomic E-state index is 0.0777. The van der Waals surface area contributed by atoms with Crippen LogP contribution < -0.4 is 9.62 Å². The fourth-order valence-corrected chi connectivity index (χ4v) is 4.90. The Hall–Kier alpha value is -2.10. The Labute approximate surface area is 215 Å². The lowest BCUT2D eigenvalue weighted by molar-refractivity contribution is -0.140. The zero-order valence-electron chi connectivity index (χ0n) is 19.6. The van der Waals surface area contributed by atoms with Crippen LogP contribution in [0.4, 0.5) is 5.69 Å². The van der Waals surface area contributed by atoms with Crippen LogP contribution in [0.15, 0.2) is 53.0 Å². The predicted molar refractivity (Wildman–Crippen MR) is 140 cm³/mol. The smallest absolute Gasteiger partial charge is 0.244 e. The predicted octanol–water partition coefficient (Wildman–Crippen LogP) is 4.59. The molecule has 34 heavy (non-hydrogen) atoms. The van der Waals surface area contributed by atoms with Crippen LogP contribution in [0, 0.1) is 0 Å². The van der Waals surface area contributed by atoms with Gasteiger partial charge in [0.1, 0.15) is 12.6 Å². The van der Waals surface area contributed by atoms with Crippen LogP contribution in [0.3, 0.4) is 0 Å². The number of nitrogens with zero attached hydrogens (tertiary/aromatic N) is 2. The molecule has 0 saturated carbocycles. The molecule has 1 N–H and O–H groups in total. The van der Waals surface area contributed by atoms with Gasteiger partial charge in [-0.25, -0.2) is 8.42 Å². The molecule has 0 bridgehead atoms. The Morgan fingerprint density at radius 3 is 2.41 bits per heavy atom. The van der Waals surface area contributed by atoms with Gasteiger partial charge in [0.05, 0.1) is 11.9 Å². The molecule has 10 heteroatoms. The maximum Gasteiger partial charge on any atom is 0.244 e. The zero-order valence-corrected chi connectivity index (χ0v) is 22.8. The molecular formula is C24H31BrClN3O4S. The van der Waals surface area contributed by atoms with E-state index in [0.29, 0.717) is 33.7 Å². The van der Waals surface area contributed by atoms with Crippen molar-refractivity contribution in [1.82, 2.24) is 10.2 Å². The highest BCUT2D eigenvalue weighted by Crippen LogP contribution is 2.24. The molecule has 2 rings (SSSR count).